The number of carbonyl (C=O) groups is 3. The van der Waals surface area contributed by atoms with Crippen LogP contribution in [0.2, 0.25) is 0 Å². The van der Waals surface area contributed by atoms with Crippen molar-refractivity contribution in [1.29, 1.82) is 0 Å². The number of allylic oxidation sites excluding steroid dienone is 1. The first-order valence-electron chi connectivity index (χ1n) is 10.2. The Balaban J connectivity index is 2.64. The van der Waals surface area contributed by atoms with Gasteiger partial charge in [-0.3, -0.25) is 14.9 Å². The maximum atomic E-state index is 13.1. The largest absolute Gasteiger partial charge is 0.463 e. The minimum Gasteiger partial charge on any atom is -0.463 e. The number of esters is 3. The summed E-state index contributed by atoms with van der Waals surface area (Å²) >= 11 is 1.24. The van der Waals surface area contributed by atoms with Gasteiger partial charge in [0.2, 0.25) is 0 Å². The van der Waals surface area contributed by atoms with Gasteiger partial charge in [0, 0.05) is 36.2 Å². The highest BCUT2D eigenvalue weighted by molar-refractivity contribution is 7.99. The number of nitrogens with one attached hydrogen (secondary N) is 1. The fraction of sp³-hybridized carbons (Fsp3) is 0.409. The molecule has 0 bridgehead atoms. The van der Waals surface area contributed by atoms with E-state index in [-0.39, 0.29) is 41.7 Å². The van der Waals surface area contributed by atoms with Crippen molar-refractivity contribution in [3.05, 3.63) is 62.5 Å². The Morgan fingerprint density at radius 3 is 2.30 bits per heavy atom. The number of nitro benzene ring substituents is 1. The molecule has 0 radical (unpaired) electrons. The maximum Gasteiger partial charge on any atom is 0.336 e. The summed E-state index contributed by atoms with van der Waals surface area (Å²) in [4.78, 5) is 47.8. The third-order valence-electron chi connectivity index (χ3n) is 4.64. The van der Waals surface area contributed by atoms with Crippen LogP contribution in [0, 0.1) is 10.1 Å². The molecule has 33 heavy (non-hydrogen) atoms. The van der Waals surface area contributed by atoms with Gasteiger partial charge in [-0.25, -0.2) is 9.59 Å². The van der Waals surface area contributed by atoms with Crippen molar-refractivity contribution in [2.75, 3.05) is 24.9 Å². The standard InChI is InChI=1S/C22H26N2O8S/c1-5-30-21(26)18-13(3)23-17(11-33-12-32-14(4)25)20(22(27)31-6-2)19(18)15-8-7-9-16(10-15)24(28)29/h7-10,19,23H,5-6,11-12H2,1-4H3. The maximum absolute atomic E-state index is 13.1. The SMILES string of the molecule is CCOC(=O)C1=C(C)NC(CSCOC(C)=O)=C(C(=O)OCC)C1c1cccc([N+](=O)[O-])c1. The summed E-state index contributed by atoms with van der Waals surface area (Å²) in [6.07, 6.45) is 0. The van der Waals surface area contributed by atoms with Crippen LogP contribution >= 0.6 is 11.8 Å². The van der Waals surface area contributed by atoms with Crippen molar-refractivity contribution in [3.8, 4) is 0 Å². The number of thioether (sulfide) groups is 1. The Morgan fingerprint density at radius 2 is 1.73 bits per heavy atom. The number of benzene rings is 1. The van der Waals surface area contributed by atoms with Crippen LogP contribution in [0.15, 0.2) is 46.8 Å². The van der Waals surface area contributed by atoms with Gasteiger partial charge in [-0.2, -0.15) is 0 Å². The lowest BCUT2D eigenvalue weighted by atomic mass is 9.80. The van der Waals surface area contributed by atoms with Crippen LogP contribution in [-0.4, -0.2) is 47.7 Å². The molecule has 0 fully saturated rings. The minimum atomic E-state index is -0.950. The van der Waals surface area contributed by atoms with Crippen molar-refractivity contribution < 1.29 is 33.5 Å². The summed E-state index contributed by atoms with van der Waals surface area (Å²) in [5, 5.41) is 14.5. The molecule has 11 heteroatoms. The number of ether oxygens (including phenoxy) is 3. The number of carbonyl (C=O) groups excluding carboxylic acids is 3. The molecule has 0 spiro atoms. The van der Waals surface area contributed by atoms with E-state index >= 15 is 0 Å². The van der Waals surface area contributed by atoms with Crippen LogP contribution in [0.1, 0.15) is 39.2 Å². The zero-order valence-corrected chi connectivity index (χ0v) is 19.7. The second-order valence-electron chi connectivity index (χ2n) is 6.88. The van der Waals surface area contributed by atoms with Crippen molar-refractivity contribution in [1.82, 2.24) is 5.32 Å². The lowest BCUT2D eigenvalue weighted by molar-refractivity contribution is -0.384. The van der Waals surface area contributed by atoms with E-state index in [2.05, 4.69) is 5.32 Å². The molecule has 178 valence electrons. The molecule has 1 N–H and O–H groups in total. The quantitative estimate of drug-likeness (QED) is 0.133. The van der Waals surface area contributed by atoms with Crippen molar-refractivity contribution >= 4 is 35.4 Å². The van der Waals surface area contributed by atoms with Gasteiger partial charge in [-0.15, -0.1) is 11.8 Å². The van der Waals surface area contributed by atoms with Crippen LogP contribution in [0.4, 0.5) is 5.69 Å². The fourth-order valence-corrected chi connectivity index (χ4v) is 4.12. The Bertz CT molecular complexity index is 1000. The van der Waals surface area contributed by atoms with Gasteiger partial charge in [0.1, 0.15) is 5.94 Å². The predicted octanol–water partition coefficient (Wildman–Crippen LogP) is 3.19. The summed E-state index contributed by atoms with van der Waals surface area (Å²) in [7, 11) is 0. The van der Waals surface area contributed by atoms with Crippen LogP contribution in [0.5, 0.6) is 0 Å². The Hall–Kier alpha value is -3.34. The molecule has 1 aliphatic rings. The number of dihydropyridines is 1. The van der Waals surface area contributed by atoms with Gasteiger partial charge >= 0.3 is 17.9 Å². The number of non-ortho nitro benzene ring substituents is 1. The van der Waals surface area contributed by atoms with Gasteiger partial charge in [0.05, 0.1) is 35.2 Å². The molecule has 0 saturated carbocycles. The average molecular weight is 479 g/mol. The molecule has 2 rings (SSSR count). The van der Waals surface area contributed by atoms with E-state index in [4.69, 9.17) is 14.2 Å². The molecule has 1 aliphatic heterocycles. The molecule has 10 nitrogen and oxygen atoms in total. The zero-order chi connectivity index (χ0) is 24.5. The Kier molecular flexibility index (Phi) is 9.46. The number of rotatable bonds is 10. The van der Waals surface area contributed by atoms with Crippen molar-refractivity contribution in [2.24, 2.45) is 0 Å². The number of hydrogen-bond acceptors (Lipinski definition) is 10. The third kappa shape index (κ3) is 6.58. The first-order valence-corrected chi connectivity index (χ1v) is 11.4. The molecule has 0 aromatic heterocycles. The van der Waals surface area contributed by atoms with Crippen LogP contribution < -0.4 is 5.32 Å². The number of hydrogen-bond donors (Lipinski definition) is 1. The first-order chi connectivity index (χ1) is 15.7. The van der Waals surface area contributed by atoms with Crippen LogP contribution in [-0.2, 0) is 28.6 Å². The predicted molar refractivity (Wildman–Crippen MR) is 121 cm³/mol. The summed E-state index contributed by atoms with van der Waals surface area (Å²) in [6.45, 7) is 6.47. The molecule has 0 saturated heterocycles. The van der Waals surface area contributed by atoms with E-state index in [0.29, 0.717) is 17.0 Å². The highest BCUT2D eigenvalue weighted by atomic mass is 32.2. The van der Waals surface area contributed by atoms with Gasteiger partial charge < -0.3 is 19.5 Å². The smallest absolute Gasteiger partial charge is 0.336 e. The molecular weight excluding hydrogens is 452 g/mol. The Labute approximate surface area is 195 Å². The molecular formula is C22H26N2O8S. The third-order valence-corrected chi connectivity index (χ3v) is 5.42. The topological polar surface area (TPSA) is 134 Å². The second kappa shape index (κ2) is 12.0. The lowest BCUT2D eigenvalue weighted by Crippen LogP contribution is -2.34. The van der Waals surface area contributed by atoms with E-state index < -0.39 is 28.7 Å². The van der Waals surface area contributed by atoms with E-state index in [1.807, 2.05) is 0 Å². The van der Waals surface area contributed by atoms with Crippen molar-refractivity contribution in [2.45, 2.75) is 33.6 Å². The molecule has 0 amide bonds. The van der Waals surface area contributed by atoms with Gasteiger partial charge in [-0.05, 0) is 26.3 Å². The summed E-state index contributed by atoms with van der Waals surface area (Å²) in [6, 6.07) is 5.75. The van der Waals surface area contributed by atoms with Gasteiger partial charge in [-0.1, -0.05) is 12.1 Å². The molecule has 0 aliphatic carbocycles. The minimum absolute atomic E-state index is 0.0611. The monoisotopic (exact) mass is 478 g/mol. The van der Waals surface area contributed by atoms with Crippen molar-refractivity contribution in [3.63, 3.8) is 0 Å². The molecule has 1 unspecified atom stereocenters. The lowest BCUT2D eigenvalue weighted by Gasteiger charge is -2.31. The van der Waals surface area contributed by atoms with Gasteiger partial charge in [0.15, 0.2) is 0 Å². The zero-order valence-electron chi connectivity index (χ0n) is 18.8. The fourth-order valence-electron chi connectivity index (χ4n) is 3.36. The molecule has 1 heterocycles. The molecule has 1 aromatic rings. The van der Waals surface area contributed by atoms with Gasteiger partial charge in [0.25, 0.3) is 5.69 Å². The van der Waals surface area contributed by atoms with E-state index in [1.54, 1.807) is 26.8 Å². The van der Waals surface area contributed by atoms with Crippen LogP contribution in [0.3, 0.4) is 0 Å². The molecule has 1 atom stereocenters. The Morgan fingerprint density at radius 1 is 1.09 bits per heavy atom. The van der Waals surface area contributed by atoms with E-state index in [0.717, 1.165) is 0 Å². The highest BCUT2D eigenvalue weighted by Gasteiger charge is 2.39. The second-order valence-corrected chi connectivity index (χ2v) is 7.82. The average Bonchev–Trinajstić information content (AvgIpc) is 2.76. The summed E-state index contributed by atoms with van der Waals surface area (Å²) < 4.78 is 15.4. The number of nitrogens with zero attached hydrogens (tertiary/aromatic N) is 1. The normalized spacial score (nSPS) is 15.6. The highest BCUT2D eigenvalue weighted by Crippen LogP contribution is 2.40. The number of nitro groups is 1. The van der Waals surface area contributed by atoms with E-state index in [1.165, 1.54) is 36.9 Å². The first kappa shape index (κ1) is 25.9. The summed E-state index contributed by atoms with van der Waals surface area (Å²) in [5.74, 6) is -2.40. The van der Waals surface area contributed by atoms with Crippen LogP contribution in [0.25, 0.3) is 0 Å². The van der Waals surface area contributed by atoms with E-state index in [9.17, 15) is 24.5 Å². The molecule has 1 aromatic carbocycles. The summed E-state index contributed by atoms with van der Waals surface area (Å²) in [5.41, 5.74) is 1.39.